The van der Waals surface area contributed by atoms with Gasteiger partial charge in [-0.3, -0.25) is 4.79 Å². The number of amides is 1. The first-order valence-corrected chi connectivity index (χ1v) is 3.43. The molecular formula is C7H17NO. The summed E-state index contributed by atoms with van der Waals surface area (Å²) in [6.07, 6.45) is 0.590. The number of hydrogen-bond donors (Lipinski definition) is 1. The third-order valence-electron chi connectivity index (χ3n) is 1.03. The van der Waals surface area contributed by atoms with E-state index in [-0.39, 0.29) is 7.33 Å². The van der Waals surface area contributed by atoms with Crippen molar-refractivity contribution >= 4 is 5.91 Å². The molecule has 0 bridgehead atoms. The Hall–Kier alpha value is -0.530. The van der Waals surface area contributed by atoms with Crippen molar-refractivity contribution in [1.82, 2.24) is 5.32 Å². The molecule has 0 heterocycles. The summed E-state index contributed by atoms with van der Waals surface area (Å²) >= 11 is 0. The predicted molar refractivity (Wildman–Crippen MR) is 40.3 cm³/mol. The van der Waals surface area contributed by atoms with Gasteiger partial charge in [0.1, 0.15) is 0 Å². The molecule has 56 valence electrons. The van der Waals surface area contributed by atoms with E-state index in [9.17, 15) is 4.79 Å². The molecule has 0 rings (SSSR count). The molecule has 0 saturated heterocycles. The summed E-state index contributed by atoms with van der Waals surface area (Å²) in [4.78, 5) is 10.6. The molecule has 0 radical (unpaired) electrons. The Morgan fingerprint density at radius 1 is 1.67 bits per heavy atom. The number of carbonyl (C=O) groups excluding carboxylic acids is 1. The molecule has 0 atom stereocenters. The minimum absolute atomic E-state index is 0. The highest BCUT2D eigenvalue weighted by Gasteiger charge is 1.96. The van der Waals surface area contributed by atoms with Crippen LogP contribution in [-0.2, 0) is 4.79 Å². The minimum atomic E-state index is 0. The summed E-state index contributed by atoms with van der Waals surface area (Å²) in [6, 6.07) is 0. The smallest absolute Gasteiger partial charge is 0.219 e. The fraction of sp³-hybridized carbons (Fsp3) is 0.857. The van der Waals surface area contributed by atoms with E-state index in [0.29, 0.717) is 12.3 Å². The van der Waals surface area contributed by atoms with Crippen LogP contribution in [0, 0.1) is 5.92 Å². The molecule has 9 heavy (non-hydrogen) atoms. The number of carbonyl (C=O) groups is 1. The van der Waals surface area contributed by atoms with Gasteiger partial charge in [-0.15, -0.1) is 0 Å². The second kappa shape index (κ2) is 4.36. The average Bonchev–Trinajstić information content (AvgIpc) is 1.83. The van der Waals surface area contributed by atoms with Crippen molar-refractivity contribution in [2.75, 3.05) is 6.54 Å². The summed E-state index contributed by atoms with van der Waals surface area (Å²) < 4.78 is 0. The van der Waals surface area contributed by atoms with Crippen molar-refractivity contribution < 1.29 is 6.22 Å². The van der Waals surface area contributed by atoms with Crippen LogP contribution in [0.3, 0.4) is 0 Å². The Morgan fingerprint density at radius 3 is 2.56 bits per heavy atom. The molecule has 0 fully saturated rings. The lowest BCUT2D eigenvalue weighted by Gasteiger charge is -2.04. The van der Waals surface area contributed by atoms with E-state index in [1.807, 2.05) is 6.92 Å². The molecule has 0 spiro atoms. The zero-order valence-corrected chi connectivity index (χ0v) is 6.40. The van der Waals surface area contributed by atoms with Crippen LogP contribution >= 0.6 is 0 Å². The number of rotatable bonds is 3. The molecule has 0 aliphatic heterocycles. The van der Waals surface area contributed by atoms with E-state index in [2.05, 4.69) is 19.2 Å². The monoisotopic (exact) mass is 131 g/mol. The van der Waals surface area contributed by atoms with Crippen LogP contribution in [0.1, 0.15) is 28.6 Å². The molecule has 1 N–H and O–H groups in total. The number of nitrogens with one attached hydrogen (secondary N) is 1. The molecule has 0 saturated carbocycles. The Kier molecular flexibility index (Phi) is 4.10. The van der Waals surface area contributed by atoms with Gasteiger partial charge in [-0.25, -0.2) is 0 Å². The highest BCUT2D eigenvalue weighted by atomic mass is 16.1. The maximum atomic E-state index is 10.6. The van der Waals surface area contributed by atoms with Crippen LogP contribution in [0.2, 0.25) is 0 Å². The largest absolute Gasteiger partial charge is 0.356 e. The molecular weight excluding hydrogens is 114 g/mol. The summed E-state index contributed by atoms with van der Waals surface area (Å²) in [5.41, 5.74) is 0. The van der Waals surface area contributed by atoms with Crippen LogP contribution in [-0.4, -0.2) is 12.5 Å². The minimum Gasteiger partial charge on any atom is -0.356 e. The summed E-state index contributed by atoms with van der Waals surface area (Å²) in [5, 5.41) is 2.79. The molecule has 0 unspecified atom stereocenters. The van der Waals surface area contributed by atoms with Crippen LogP contribution < -0.4 is 5.32 Å². The first kappa shape index (κ1) is 8.47. The van der Waals surface area contributed by atoms with Crippen molar-refractivity contribution in [3.63, 3.8) is 0 Å². The van der Waals surface area contributed by atoms with E-state index in [0.717, 1.165) is 6.54 Å². The zero-order valence-electron chi connectivity index (χ0n) is 6.40. The Labute approximate surface area is 58.1 Å². The fourth-order valence-corrected chi connectivity index (χ4v) is 0.443. The van der Waals surface area contributed by atoms with Gasteiger partial charge in [0, 0.05) is 14.4 Å². The first-order valence-electron chi connectivity index (χ1n) is 3.43. The van der Waals surface area contributed by atoms with E-state index in [4.69, 9.17) is 0 Å². The lowest BCUT2D eigenvalue weighted by molar-refractivity contribution is -0.120. The lowest BCUT2D eigenvalue weighted by atomic mass is 10.2. The molecule has 0 aliphatic carbocycles. The summed E-state index contributed by atoms with van der Waals surface area (Å²) in [6.45, 7) is 6.81. The van der Waals surface area contributed by atoms with Crippen LogP contribution in [0.25, 0.3) is 0 Å². The molecule has 2 heteroatoms. The highest BCUT2D eigenvalue weighted by molar-refractivity contribution is 5.75. The van der Waals surface area contributed by atoms with Gasteiger partial charge in [-0.2, -0.15) is 0 Å². The molecule has 0 aromatic heterocycles. The highest BCUT2D eigenvalue weighted by Crippen LogP contribution is 1.87. The quantitative estimate of drug-likeness (QED) is 0.616. The maximum Gasteiger partial charge on any atom is 0.219 e. The maximum absolute atomic E-state index is 10.6. The van der Waals surface area contributed by atoms with Gasteiger partial charge < -0.3 is 5.32 Å². The standard InChI is InChI=1S/C7H15NO.H2/c1-4-7(9)8-5-6(2)3;/h6H,4-5H2,1-3H3,(H,8,9);1H. The first-order chi connectivity index (χ1) is 4.16. The van der Waals surface area contributed by atoms with Crippen molar-refractivity contribution in [1.29, 1.82) is 0 Å². The average molecular weight is 131 g/mol. The van der Waals surface area contributed by atoms with Gasteiger partial charge in [-0.05, 0) is 5.92 Å². The van der Waals surface area contributed by atoms with Gasteiger partial charge in [-0.1, -0.05) is 20.8 Å². The van der Waals surface area contributed by atoms with Crippen molar-refractivity contribution in [2.24, 2.45) is 5.92 Å². The fourth-order valence-electron chi connectivity index (χ4n) is 0.443. The molecule has 0 aromatic rings. The topological polar surface area (TPSA) is 29.1 Å². The molecule has 0 aromatic carbocycles. The van der Waals surface area contributed by atoms with Crippen molar-refractivity contribution in [3.05, 3.63) is 0 Å². The lowest BCUT2D eigenvalue weighted by Crippen LogP contribution is -2.26. The van der Waals surface area contributed by atoms with Gasteiger partial charge in [0.25, 0.3) is 0 Å². The Balaban J connectivity index is 0. The second-order valence-electron chi connectivity index (χ2n) is 2.55. The van der Waals surface area contributed by atoms with E-state index in [1.165, 1.54) is 0 Å². The van der Waals surface area contributed by atoms with Gasteiger partial charge in [0.05, 0.1) is 0 Å². The SMILES string of the molecule is CCC(=O)NCC(C)C.[HH]. The van der Waals surface area contributed by atoms with Crippen molar-refractivity contribution in [3.8, 4) is 0 Å². The Morgan fingerprint density at radius 2 is 2.22 bits per heavy atom. The van der Waals surface area contributed by atoms with Gasteiger partial charge in [0.2, 0.25) is 5.91 Å². The van der Waals surface area contributed by atoms with Crippen LogP contribution in [0.15, 0.2) is 0 Å². The van der Waals surface area contributed by atoms with E-state index < -0.39 is 0 Å². The zero-order chi connectivity index (χ0) is 7.28. The van der Waals surface area contributed by atoms with Crippen molar-refractivity contribution in [2.45, 2.75) is 27.2 Å². The number of hydrogen-bond acceptors (Lipinski definition) is 1. The molecule has 0 aliphatic rings. The normalized spacial score (nSPS) is 9.78. The third kappa shape index (κ3) is 5.34. The molecule has 2 nitrogen and oxygen atoms in total. The predicted octanol–water partition coefficient (Wildman–Crippen LogP) is 1.41. The van der Waals surface area contributed by atoms with Gasteiger partial charge in [0.15, 0.2) is 0 Å². The third-order valence-corrected chi connectivity index (χ3v) is 1.03. The van der Waals surface area contributed by atoms with Gasteiger partial charge >= 0.3 is 0 Å². The summed E-state index contributed by atoms with van der Waals surface area (Å²) in [5.74, 6) is 0.698. The summed E-state index contributed by atoms with van der Waals surface area (Å²) in [7, 11) is 0. The molecule has 1 amide bonds. The van der Waals surface area contributed by atoms with Crippen LogP contribution in [0.5, 0.6) is 0 Å². The second-order valence-corrected chi connectivity index (χ2v) is 2.55. The Bertz CT molecular complexity index is 93.6. The van der Waals surface area contributed by atoms with E-state index >= 15 is 0 Å². The van der Waals surface area contributed by atoms with E-state index in [1.54, 1.807) is 0 Å². The van der Waals surface area contributed by atoms with Crippen LogP contribution in [0.4, 0.5) is 0 Å².